The van der Waals surface area contributed by atoms with Gasteiger partial charge in [-0.05, 0) is 32.2 Å². The van der Waals surface area contributed by atoms with Gasteiger partial charge < -0.3 is 11.1 Å². The summed E-state index contributed by atoms with van der Waals surface area (Å²) in [6.07, 6.45) is 4.61. The largest absolute Gasteiger partial charge is 0.394 e. The Balaban J connectivity index is 0.000000312. The maximum absolute atomic E-state index is 8.74. The van der Waals surface area contributed by atoms with Gasteiger partial charge in [0.1, 0.15) is 0 Å². The van der Waals surface area contributed by atoms with Gasteiger partial charge in [-0.25, -0.2) is 4.98 Å². The Morgan fingerprint density at radius 3 is 2.74 bits per heavy atom. The molecule has 1 aromatic rings. The molecule has 0 fully saturated rings. The molecule has 110 valence electrons. The van der Waals surface area contributed by atoms with E-state index in [0.29, 0.717) is 6.04 Å². The Hall–Kier alpha value is -0.740. The van der Waals surface area contributed by atoms with Crippen LogP contribution in [0.5, 0.6) is 0 Å². The van der Waals surface area contributed by atoms with Crippen LogP contribution < -0.4 is 11.1 Å². The number of nitrogens with zero attached hydrogens (tertiary/aromatic N) is 1. The topological polar surface area (TPSA) is 126 Å². The summed E-state index contributed by atoms with van der Waals surface area (Å²) >= 11 is 1.65. The highest BCUT2D eigenvalue weighted by atomic mass is 32.3. The zero-order valence-corrected chi connectivity index (χ0v) is 12.3. The quantitative estimate of drug-likeness (QED) is 0.612. The van der Waals surface area contributed by atoms with E-state index >= 15 is 0 Å². The second kappa shape index (κ2) is 7.15. The Kier molecular flexibility index (Phi) is 6.14. The van der Waals surface area contributed by atoms with Gasteiger partial charge in [-0.3, -0.25) is 9.11 Å². The third kappa shape index (κ3) is 6.83. The summed E-state index contributed by atoms with van der Waals surface area (Å²) in [6, 6.07) is 0.641. The van der Waals surface area contributed by atoms with Crippen LogP contribution in [-0.2, 0) is 23.2 Å². The lowest BCUT2D eigenvalue weighted by Gasteiger charge is -2.21. The normalized spacial score (nSPS) is 18.4. The molecular weight excluding hydrogens is 290 g/mol. The molecule has 0 aromatic carbocycles. The molecular formula is C10H19N3O4S2. The molecule has 1 aliphatic carbocycles. The molecule has 9 heteroatoms. The minimum absolute atomic E-state index is 0.641. The molecule has 2 rings (SSSR count). The fourth-order valence-electron chi connectivity index (χ4n) is 1.92. The van der Waals surface area contributed by atoms with E-state index in [-0.39, 0.29) is 0 Å². The molecule has 1 aromatic heterocycles. The van der Waals surface area contributed by atoms with Crippen molar-refractivity contribution in [1.29, 1.82) is 0 Å². The number of hydrogen-bond acceptors (Lipinski definition) is 6. The van der Waals surface area contributed by atoms with Crippen molar-refractivity contribution in [3.63, 3.8) is 0 Å². The summed E-state index contributed by atoms with van der Waals surface area (Å²) in [7, 11) is -4.67. The number of aromatic nitrogens is 1. The summed E-state index contributed by atoms with van der Waals surface area (Å²) in [5.41, 5.74) is 6.93. The van der Waals surface area contributed by atoms with Crippen molar-refractivity contribution in [3.05, 3.63) is 10.6 Å². The zero-order valence-electron chi connectivity index (χ0n) is 10.7. The van der Waals surface area contributed by atoms with Crippen LogP contribution in [0.1, 0.15) is 30.3 Å². The van der Waals surface area contributed by atoms with Crippen molar-refractivity contribution in [2.45, 2.75) is 38.6 Å². The van der Waals surface area contributed by atoms with Crippen molar-refractivity contribution in [1.82, 2.24) is 10.3 Å². The average Bonchev–Trinajstić information content (AvgIpc) is 2.63. The van der Waals surface area contributed by atoms with E-state index in [1.54, 1.807) is 11.3 Å². The second-order valence-corrected chi connectivity index (χ2v) is 6.27. The summed E-state index contributed by atoms with van der Waals surface area (Å²) < 4.78 is 31.6. The first kappa shape index (κ1) is 16.3. The van der Waals surface area contributed by atoms with Gasteiger partial charge in [-0.15, -0.1) is 11.3 Å². The molecule has 5 N–H and O–H groups in total. The van der Waals surface area contributed by atoms with Crippen LogP contribution in [0.4, 0.5) is 5.13 Å². The van der Waals surface area contributed by atoms with Gasteiger partial charge in [0.05, 0.1) is 5.69 Å². The zero-order chi connectivity index (χ0) is 14.5. The van der Waals surface area contributed by atoms with Crippen molar-refractivity contribution >= 4 is 26.9 Å². The highest BCUT2D eigenvalue weighted by Crippen LogP contribution is 2.27. The van der Waals surface area contributed by atoms with E-state index in [0.717, 1.165) is 24.5 Å². The van der Waals surface area contributed by atoms with Gasteiger partial charge in [-0.2, -0.15) is 8.42 Å². The molecule has 0 radical (unpaired) electrons. The lowest BCUT2D eigenvalue weighted by molar-refractivity contribution is 0.381. The molecule has 0 spiro atoms. The van der Waals surface area contributed by atoms with E-state index in [4.69, 9.17) is 23.3 Å². The van der Waals surface area contributed by atoms with Crippen LogP contribution in [0.15, 0.2) is 0 Å². The number of fused-ring (bicyclic) bond motifs is 1. The maximum atomic E-state index is 8.74. The summed E-state index contributed by atoms with van der Waals surface area (Å²) in [5.74, 6) is 0. The number of rotatable bonds is 3. The molecule has 0 bridgehead atoms. The fraction of sp³-hybridized carbons (Fsp3) is 0.700. The van der Waals surface area contributed by atoms with E-state index in [9.17, 15) is 0 Å². The van der Waals surface area contributed by atoms with Crippen LogP contribution in [0.2, 0.25) is 0 Å². The number of hydrogen-bond donors (Lipinski definition) is 4. The first-order chi connectivity index (χ1) is 8.79. The van der Waals surface area contributed by atoms with Crippen molar-refractivity contribution in [2.75, 3.05) is 12.3 Å². The van der Waals surface area contributed by atoms with E-state index in [1.807, 2.05) is 0 Å². The molecule has 19 heavy (non-hydrogen) atoms. The molecule has 1 heterocycles. The number of nitrogens with two attached hydrogens (primary N) is 1. The number of anilines is 1. The van der Waals surface area contributed by atoms with Crippen LogP contribution in [0, 0.1) is 0 Å². The molecule has 0 saturated carbocycles. The Labute approximate surface area is 116 Å². The van der Waals surface area contributed by atoms with Gasteiger partial charge in [0.25, 0.3) is 0 Å². The van der Waals surface area contributed by atoms with Gasteiger partial charge in [0, 0.05) is 10.9 Å². The number of aryl methyl sites for hydroxylation is 1. The summed E-state index contributed by atoms with van der Waals surface area (Å²) in [5, 5.41) is 4.29. The third-order valence-corrected chi connectivity index (χ3v) is 3.59. The highest BCUT2D eigenvalue weighted by molar-refractivity contribution is 7.79. The van der Waals surface area contributed by atoms with Crippen molar-refractivity contribution in [3.8, 4) is 0 Å². The fourth-order valence-corrected chi connectivity index (χ4v) is 2.88. The molecule has 0 aliphatic heterocycles. The monoisotopic (exact) mass is 309 g/mol. The van der Waals surface area contributed by atoms with Crippen molar-refractivity contribution in [2.24, 2.45) is 0 Å². The summed E-state index contributed by atoms with van der Waals surface area (Å²) in [6.45, 7) is 3.32. The molecule has 0 saturated heterocycles. The molecule has 0 unspecified atom stereocenters. The second-order valence-electron chi connectivity index (χ2n) is 4.26. The number of nitrogens with one attached hydrogen (secondary N) is 1. The van der Waals surface area contributed by atoms with Gasteiger partial charge in [-0.1, -0.05) is 6.92 Å². The third-order valence-electron chi connectivity index (χ3n) is 2.64. The lowest BCUT2D eigenvalue weighted by atomic mass is 9.98. The van der Waals surface area contributed by atoms with Gasteiger partial charge in [0.2, 0.25) is 0 Å². The predicted molar refractivity (Wildman–Crippen MR) is 74.8 cm³/mol. The SMILES string of the molecule is CCCN[C@H]1CCc2nc(N)sc2C1.O=S(=O)(O)O. The maximum Gasteiger partial charge on any atom is 0.394 e. The Morgan fingerprint density at radius 2 is 2.16 bits per heavy atom. The van der Waals surface area contributed by atoms with Crippen molar-refractivity contribution < 1.29 is 17.5 Å². The molecule has 0 amide bonds. The van der Waals surface area contributed by atoms with E-state index < -0.39 is 10.4 Å². The van der Waals surface area contributed by atoms with Crippen LogP contribution in [-0.4, -0.2) is 35.1 Å². The predicted octanol–water partition coefficient (Wildman–Crippen LogP) is 0.929. The number of nitrogen functional groups attached to an aromatic ring is 1. The Morgan fingerprint density at radius 1 is 1.53 bits per heavy atom. The van der Waals surface area contributed by atoms with E-state index in [2.05, 4.69) is 17.2 Å². The first-order valence-electron chi connectivity index (χ1n) is 5.97. The molecule has 1 aliphatic rings. The highest BCUT2D eigenvalue weighted by Gasteiger charge is 2.21. The summed E-state index contributed by atoms with van der Waals surface area (Å²) in [4.78, 5) is 5.73. The standard InChI is InChI=1S/C10H17N3S.H2O4S/c1-2-5-12-7-3-4-8-9(6-7)14-10(11)13-8;1-5(2,3)4/h7,12H,2-6H2,1H3,(H2,11,13);(H2,1,2,3,4)/t7-;/m0./s1. The van der Waals surface area contributed by atoms with Gasteiger partial charge in [0.15, 0.2) is 5.13 Å². The Bertz CT molecular complexity index is 493. The van der Waals surface area contributed by atoms with Gasteiger partial charge >= 0.3 is 10.4 Å². The molecule has 7 nitrogen and oxygen atoms in total. The average molecular weight is 309 g/mol. The smallest absolute Gasteiger partial charge is 0.375 e. The van der Waals surface area contributed by atoms with Crippen LogP contribution in [0.3, 0.4) is 0 Å². The molecule has 1 atom stereocenters. The van der Waals surface area contributed by atoms with Crippen LogP contribution in [0.25, 0.3) is 0 Å². The minimum atomic E-state index is -4.67. The lowest BCUT2D eigenvalue weighted by Crippen LogP contribution is -2.34. The number of thiazole rings is 1. The van der Waals surface area contributed by atoms with Crippen LogP contribution >= 0.6 is 11.3 Å². The van der Waals surface area contributed by atoms with E-state index in [1.165, 1.54) is 23.4 Å². The first-order valence-corrected chi connectivity index (χ1v) is 8.18. The minimum Gasteiger partial charge on any atom is -0.375 e.